The SMILES string of the molecule is COc1c(S(N)(=O)=O)ccc2ccccc12. The zero-order valence-electron chi connectivity index (χ0n) is 8.67. The lowest BCUT2D eigenvalue weighted by Crippen LogP contribution is -2.13. The summed E-state index contributed by atoms with van der Waals surface area (Å²) in [6.07, 6.45) is 0. The molecule has 4 nitrogen and oxygen atoms in total. The van der Waals surface area contributed by atoms with E-state index in [-0.39, 0.29) is 4.90 Å². The van der Waals surface area contributed by atoms with Crippen LogP contribution < -0.4 is 9.88 Å². The van der Waals surface area contributed by atoms with Crippen LogP contribution in [0.15, 0.2) is 41.3 Å². The van der Waals surface area contributed by atoms with Gasteiger partial charge in [0.15, 0.2) is 0 Å². The van der Waals surface area contributed by atoms with E-state index in [9.17, 15) is 8.42 Å². The molecule has 0 fully saturated rings. The van der Waals surface area contributed by atoms with Crippen LogP contribution in [-0.2, 0) is 10.0 Å². The zero-order valence-corrected chi connectivity index (χ0v) is 9.49. The van der Waals surface area contributed by atoms with Crippen LogP contribution in [0.3, 0.4) is 0 Å². The monoisotopic (exact) mass is 237 g/mol. The van der Waals surface area contributed by atoms with Gasteiger partial charge in [-0.3, -0.25) is 0 Å². The van der Waals surface area contributed by atoms with Gasteiger partial charge in [-0.15, -0.1) is 0 Å². The minimum Gasteiger partial charge on any atom is -0.495 e. The molecule has 5 heteroatoms. The molecule has 0 heterocycles. The van der Waals surface area contributed by atoms with Crippen molar-refractivity contribution in [1.29, 1.82) is 0 Å². The van der Waals surface area contributed by atoms with Crippen LogP contribution in [-0.4, -0.2) is 15.5 Å². The zero-order chi connectivity index (χ0) is 11.8. The first kappa shape index (κ1) is 10.9. The normalized spacial score (nSPS) is 11.6. The van der Waals surface area contributed by atoms with E-state index in [0.29, 0.717) is 5.75 Å². The molecule has 0 saturated carbocycles. The first-order valence-corrected chi connectivity index (χ1v) is 6.17. The minimum absolute atomic E-state index is 0.00806. The van der Waals surface area contributed by atoms with Crippen molar-refractivity contribution in [3.63, 3.8) is 0 Å². The predicted molar refractivity (Wildman–Crippen MR) is 61.9 cm³/mol. The van der Waals surface area contributed by atoms with Gasteiger partial charge in [0, 0.05) is 5.39 Å². The molecular formula is C11H11NO3S. The van der Waals surface area contributed by atoms with E-state index in [2.05, 4.69) is 0 Å². The van der Waals surface area contributed by atoms with Crippen LogP contribution in [0.25, 0.3) is 10.8 Å². The van der Waals surface area contributed by atoms with Crippen molar-refractivity contribution >= 4 is 20.8 Å². The molecule has 0 aromatic heterocycles. The molecule has 0 aliphatic rings. The van der Waals surface area contributed by atoms with Gasteiger partial charge in [-0.1, -0.05) is 30.3 Å². The van der Waals surface area contributed by atoms with E-state index < -0.39 is 10.0 Å². The van der Waals surface area contributed by atoms with E-state index in [0.717, 1.165) is 10.8 Å². The summed E-state index contributed by atoms with van der Waals surface area (Å²) in [5, 5.41) is 6.76. The second-order valence-electron chi connectivity index (χ2n) is 3.36. The largest absolute Gasteiger partial charge is 0.495 e. The smallest absolute Gasteiger partial charge is 0.241 e. The van der Waals surface area contributed by atoms with E-state index in [1.807, 2.05) is 18.2 Å². The number of benzene rings is 2. The fourth-order valence-corrected chi connectivity index (χ4v) is 2.37. The van der Waals surface area contributed by atoms with Crippen LogP contribution in [0.2, 0.25) is 0 Å². The van der Waals surface area contributed by atoms with Crippen molar-refractivity contribution < 1.29 is 13.2 Å². The highest BCUT2D eigenvalue weighted by Crippen LogP contribution is 2.31. The third kappa shape index (κ3) is 1.75. The molecule has 2 rings (SSSR count). The standard InChI is InChI=1S/C11H11NO3S/c1-15-11-9-5-3-2-4-8(9)6-7-10(11)16(12,13)14/h2-7H,1H3,(H2,12,13,14). The van der Waals surface area contributed by atoms with Gasteiger partial charge in [0.1, 0.15) is 10.6 Å². The molecule has 0 spiro atoms. The molecule has 0 atom stereocenters. The summed E-state index contributed by atoms with van der Waals surface area (Å²) in [5.74, 6) is 0.292. The maximum Gasteiger partial charge on any atom is 0.241 e. The fourth-order valence-electron chi connectivity index (χ4n) is 1.66. The van der Waals surface area contributed by atoms with Gasteiger partial charge in [0.2, 0.25) is 10.0 Å². The first-order chi connectivity index (χ1) is 7.54. The molecule has 84 valence electrons. The number of hydrogen-bond donors (Lipinski definition) is 1. The average molecular weight is 237 g/mol. The van der Waals surface area contributed by atoms with Crippen LogP contribution in [0.1, 0.15) is 0 Å². The number of sulfonamides is 1. The summed E-state index contributed by atoms with van der Waals surface area (Å²) in [6, 6.07) is 10.5. The maximum atomic E-state index is 11.4. The van der Waals surface area contributed by atoms with Gasteiger partial charge < -0.3 is 4.74 Å². The summed E-state index contributed by atoms with van der Waals surface area (Å²) in [7, 11) is -2.34. The Morgan fingerprint density at radius 3 is 2.44 bits per heavy atom. The van der Waals surface area contributed by atoms with Crippen LogP contribution in [0, 0.1) is 0 Å². The summed E-state index contributed by atoms with van der Waals surface area (Å²) < 4.78 is 27.8. The van der Waals surface area contributed by atoms with Crippen LogP contribution in [0.4, 0.5) is 0 Å². The van der Waals surface area contributed by atoms with E-state index in [4.69, 9.17) is 9.88 Å². The number of methoxy groups -OCH3 is 1. The Labute approximate surface area is 93.7 Å². The van der Waals surface area contributed by atoms with Crippen molar-refractivity contribution in [3.8, 4) is 5.75 Å². The number of hydrogen-bond acceptors (Lipinski definition) is 3. The highest BCUT2D eigenvalue weighted by atomic mass is 32.2. The number of fused-ring (bicyclic) bond motifs is 1. The van der Waals surface area contributed by atoms with E-state index in [1.165, 1.54) is 13.2 Å². The molecule has 0 radical (unpaired) electrons. The van der Waals surface area contributed by atoms with Crippen molar-refractivity contribution in [1.82, 2.24) is 0 Å². The summed E-state index contributed by atoms with van der Waals surface area (Å²) >= 11 is 0. The fraction of sp³-hybridized carbons (Fsp3) is 0.0909. The topological polar surface area (TPSA) is 69.4 Å². The Balaban J connectivity index is 2.89. The number of rotatable bonds is 2. The number of nitrogens with two attached hydrogens (primary N) is 1. The Hall–Kier alpha value is -1.59. The Bertz CT molecular complexity index is 635. The van der Waals surface area contributed by atoms with Gasteiger partial charge in [0.25, 0.3) is 0 Å². The van der Waals surface area contributed by atoms with E-state index in [1.54, 1.807) is 12.1 Å². The summed E-state index contributed by atoms with van der Waals surface area (Å²) in [5.41, 5.74) is 0. The van der Waals surface area contributed by atoms with Gasteiger partial charge in [-0.25, -0.2) is 13.6 Å². The van der Waals surface area contributed by atoms with Gasteiger partial charge in [-0.05, 0) is 11.5 Å². The van der Waals surface area contributed by atoms with Crippen molar-refractivity contribution in [2.45, 2.75) is 4.90 Å². The maximum absolute atomic E-state index is 11.4. The lowest BCUT2D eigenvalue weighted by atomic mass is 10.1. The third-order valence-corrected chi connectivity index (χ3v) is 3.29. The molecule has 0 amide bonds. The lowest BCUT2D eigenvalue weighted by molar-refractivity contribution is 0.408. The van der Waals surface area contributed by atoms with Gasteiger partial charge >= 0.3 is 0 Å². The molecule has 0 saturated heterocycles. The third-order valence-electron chi connectivity index (χ3n) is 2.35. The molecule has 2 aromatic carbocycles. The van der Waals surface area contributed by atoms with Crippen molar-refractivity contribution in [3.05, 3.63) is 36.4 Å². The molecule has 16 heavy (non-hydrogen) atoms. The Morgan fingerprint density at radius 2 is 1.81 bits per heavy atom. The van der Waals surface area contributed by atoms with E-state index >= 15 is 0 Å². The second-order valence-corrected chi connectivity index (χ2v) is 4.89. The van der Waals surface area contributed by atoms with Crippen LogP contribution in [0.5, 0.6) is 5.75 Å². The second kappa shape index (κ2) is 3.77. The summed E-state index contributed by atoms with van der Waals surface area (Å²) in [4.78, 5) is 0.00806. The van der Waals surface area contributed by atoms with Crippen molar-refractivity contribution in [2.75, 3.05) is 7.11 Å². The Kier molecular flexibility index (Phi) is 2.57. The van der Waals surface area contributed by atoms with Crippen molar-refractivity contribution in [2.24, 2.45) is 5.14 Å². The minimum atomic E-state index is -3.76. The molecule has 0 aliphatic carbocycles. The number of primary sulfonamides is 1. The quantitative estimate of drug-likeness (QED) is 0.860. The Morgan fingerprint density at radius 1 is 1.12 bits per heavy atom. The molecule has 2 N–H and O–H groups in total. The highest BCUT2D eigenvalue weighted by molar-refractivity contribution is 7.89. The molecule has 0 bridgehead atoms. The number of ether oxygens (including phenoxy) is 1. The molecule has 0 unspecified atom stereocenters. The first-order valence-electron chi connectivity index (χ1n) is 4.62. The average Bonchev–Trinajstić information content (AvgIpc) is 2.26. The lowest BCUT2D eigenvalue weighted by Gasteiger charge is -2.09. The molecule has 2 aromatic rings. The predicted octanol–water partition coefficient (Wildman–Crippen LogP) is 1.50. The van der Waals surface area contributed by atoms with Gasteiger partial charge in [0.05, 0.1) is 7.11 Å². The van der Waals surface area contributed by atoms with Gasteiger partial charge in [-0.2, -0.15) is 0 Å². The molecule has 0 aliphatic heterocycles. The summed E-state index contributed by atoms with van der Waals surface area (Å²) in [6.45, 7) is 0. The van der Waals surface area contributed by atoms with Crippen LogP contribution >= 0.6 is 0 Å². The molecular weight excluding hydrogens is 226 g/mol. The highest BCUT2D eigenvalue weighted by Gasteiger charge is 2.16.